The second-order valence-corrected chi connectivity index (χ2v) is 5.64. The number of hydrogen-bond acceptors (Lipinski definition) is 2. The van der Waals surface area contributed by atoms with Gasteiger partial charge in [0.1, 0.15) is 0 Å². The summed E-state index contributed by atoms with van der Waals surface area (Å²) in [5.41, 5.74) is 7.27. The summed E-state index contributed by atoms with van der Waals surface area (Å²) in [5, 5.41) is 0. The van der Waals surface area contributed by atoms with Crippen LogP contribution in [0.3, 0.4) is 0 Å². The van der Waals surface area contributed by atoms with Crippen LogP contribution >= 0.6 is 34.8 Å². The fraction of sp³-hybridized carbons (Fsp3) is 0.300. The van der Waals surface area contributed by atoms with E-state index in [0.29, 0.717) is 18.9 Å². The third-order valence-corrected chi connectivity index (χ3v) is 2.77. The van der Waals surface area contributed by atoms with E-state index in [1.165, 1.54) is 0 Å². The lowest BCUT2D eigenvalue weighted by molar-refractivity contribution is 0.687. The molecule has 0 atom stereocenters. The van der Waals surface area contributed by atoms with Crippen LogP contribution < -0.4 is 5.73 Å². The van der Waals surface area contributed by atoms with Crippen LogP contribution in [0.1, 0.15) is 5.82 Å². The Morgan fingerprint density at radius 1 is 1.25 bits per heavy atom. The number of benzene rings is 1. The van der Waals surface area contributed by atoms with Crippen LogP contribution in [-0.4, -0.2) is 16.1 Å². The maximum absolute atomic E-state index is 5.88. The molecule has 1 aromatic heterocycles. The highest BCUT2D eigenvalue weighted by atomic mass is 35.6. The number of hydrogen-bond donors (Lipinski definition) is 1. The maximum Gasteiger partial charge on any atom is 0.248 e. The maximum atomic E-state index is 5.88. The van der Waals surface area contributed by atoms with E-state index in [9.17, 15) is 0 Å². The van der Waals surface area contributed by atoms with Crippen molar-refractivity contribution in [2.24, 2.45) is 5.73 Å². The lowest BCUT2D eigenvalue weighted by Crippen LogP contribution is -2.17. The first-order valence-corrected chi connectivity index (χ1v) is 5.90. The van der Waals surface area contributed by atoms with Crippen molar-refractivity contribution in [1.82, 2.24) is 9.55 Å². The Kier molecular flexibility index (Phi) is 3.31. The van der Waals surface area contributed by atoms with E-state index in [1.807, 2.05) is 28.8 Å². The quantitative estimate of drug-likeness (QED) is 0.859. The number of rotatable bonds is 2. The minimum atomic E-state index is -1.53. The van der Waals surface area contributed by atoms with Crippen LogP contribution in [0.5, 0.6) is 0 Å². The number of fused-ring (bicyclic) bond motifs is 1. The summed E-state index contributed by atoms with van der Waals surface area (Å²) in [6, 6.07) is 7.61. The second-order valence-electron chi connectivity index (χ2n) is 3.36. The second kappa shape index (κ2) is 4.41. The third kappa shape index (κ3) is 2.13. The van der Waals surface area contributed by atoms with Crippen molar-refractivity contribution in [3.8, 4) is 0 Å². The molecule has 0 aliphatic rings. The third-order valence-electron chi connectivity index (χ3n) is 2.26. The van der Waals surface area contributed by atoms with Gasteiger partial charge < -0.3 is 10.3 Å². The average Bonchev–Trinajstić information content (AvgIpc) is 2.58. The highest BCUT2D eigenvalue weighted by Crippen LogP contribution is 2.38. The van der Waals surface area contributed by atoms with Crippen LogP contribution in [0.15, 0.2) is 24.3 Å². The molecule has 0 aliphatic carbocycles. The molecule has 0 radical (unpaired) electrons. The Labute approximate surface area is 108 Å². The molecule has 0 bridgehead atoms. The van der Waals surface area contributed by atoms with Gasteiger partial charge in [-0.3, -0.25) is 0 Å². The van der Waals surface area contributed by atoms with Gasteiger partial charge in [-0.2, -0.15) is 0 Å². The van der Waals surface area contributed by atoms with E-state index < -0.39 is 3.79 Å². The first-order valence-electron chi connectivity index (χ1n) is 4.76. The number of para-hydroxylation sites is 2. The number of imidazole rings is 1. The van der Waals surface area contributed by atoms with Gasteiger partial charge >= 0.3 is 0 Å². The molecule has 6 heteroatoms. The van der Waals surface area contributed by atoms with E-state index in [2.05, 4.69) is 4.98 Å². The predicted octanol–water partition coefficient (Wildman–Crippen LogP) is 2.82. The highest BCUT2D eigenvalue weighted by molar-refractivity contribution is 6.66. The Morgan fingerprint density at radius 3 is 2.56 bits per heavy atom. The van der Waals surface area contributed by atoms with Crippen LogP contribution in [0.25, 0.3) is 11.0 Å². The van der Waals surface area contributed by atoms with E-state index in [1.54, 1.807) is 0 Å². The lowest BCUT2D eigenvalue weighted by Gasteiger charge is -2.13. The number of aromatic nitrogens is 2. The summed E-state index contributed by atoms with van der Waals surface area (Å²) >= 11 is 17.6. The van der Waals surface area contributed by atoms with E-state index in [-0.39, 0.29) is 0 Å². The Morgan fingerprint density at radius 2 is 1.94 bits per heavy atom. The van der Waals surface area contributed by atoms with E-state index in [4.69, 9.17) is 40.5 Å². The van der Waals surface area contributed by atoms with Gasteiger partial charge in [0.2, 0.25) is 3.79 Å². The molecule has 0 fully saturated rings. The molecule has 0 saturated heterocycles. The summed E-state index contributed by atoms with van der Waals surface area (Å²) in [6.07, 6.45) is 0. The fourth-order valence-electron chi connectivity index (χ4n) is 1.65. The Hall–Kier alpha value is -0.480. The number of halogens is 3. The smallest absolute Gasteiger partial charge is 0.248 e. The van der Waals surface area contributed by atoms with E-state index >= 15 is 0 Å². The summed E-state index contributed by atoms with van der Waals surface area (Å²) in [6.45, 7) is 1.04. The van der Waals surface area contributed by atoms with Gasteiger partial charge in [0.05, 0.1) is 11.0 Å². The molecule has 1 heterocycles. The normalized spacial score (nSPS) is 12.2. The summed E-state index contributed by atoms with van der Waals surface area (Å²) < 4.78 is 0.302. The first kappa shape index (κ1) is 12.0. The molecule has 2 N–H and O–H groups in total. The van der Waals surface area contributed by atoms with Crippen LogP contribution in [0, 0.1) is 0 Å². The molecule has 0 unspecified atom stereocenters. The van der Waals surface area contributed by atoms with Crippen LogP contribution in [0.4, 0.5) is 0 Å². The molecule has 1 aromatic carbocycles. The molecule has 0 saturated carbocycles. The van der Waals surface area contributed by atoms with Gasteiger partial charge in [0.25, 0.3) is 0 Å². The van der Waals surface area contributed by atoms with Crippen LogP contribution in [0.2, 0.25) is 0 Å². The lowest BCUT2D eigenvalue weighted by atomic mass is 10.3. The molecule has 2 rings (SSSR count). The molecule has 0 amide bonds. The molecule has 16 heavy (non-hydrogen) atoms. The minimum Gasteiger partial charge on any atom is -0.329 e. The van der Waals surface area contributed by atoms with Crippen molar-refractivity contribution in [3.63, 3.8) is 0 Å². The Bertz CT molecular complexity index is 501. The monoisotopic (exact) mass is 277 g/mol. The molecule has 3 nitrogen and oxygen atoms in total. The number of nitrogens with zero attached hydrogens (tertiary/aromatic N) is 2. The van der Waals surface area contributed by atoms with Gasteiger partial charge in [-0.25, -0.2) is 4.98 Å². The van der Waals surface area contributed by atoms with Gasteiger partial charge in [-0.15, -0.1) is 0 Å². The van der Waals surface area contributed by atoms with Crippen molar-refractivity contribution < 1.29 is 0 Å². The molecular formula is C10H10Cl3N3. The number of alkyl halides is 3. The summed E-state index contributed by atoms with van der Waals surface area (Å²) in [4.78, 5) is 4.31. The largest absolute Gasteiger partial charge is 0.329 e. The van der Waals surface area contributed by atoms with Gasteiger partial charge in [0.15, 0.2) is 5.82 Å². The minimum absolute atomic E-state index is 0.407. The van der Waals surface area contributed by atoms with Gasteiger partial charge in [0, 0.05) is 13.1 Å². The summed E-state index contributed by atoms with van der Waals surface area (Å²) in [5.74, 6) is 0.407. The zero-order chi connectivity index (χ0) is 11.8. The molecule has 0 spiro atoms. The van der Waals surface area contributed by atoms with Gasteiger partial charge in [-0.1, -0.05) is 46.9 Å². The Balaban J connectivity index is 2.68. The van der Waals surface area contributed by atoms with Crippen molar-refractivity contribution in [1.29, 1.82) is 0 Å². The predicted molar refractivity (Wildman–Crippen MR) is 68.0 cm³/mol. The molecular weight excluding hydrogens is 268 g/mol. The standard InChI is InChI=1S/C10H10Cl3N3/c11-10(12,13)9-15-7-3-1-2-4-8(7)16(9)6-5-14/h1-4H,5-6,14H2. The van der Waals surface area contributed by atoms with Crippen LogP contribution in [-0.2, 0) is 10.3 Å². The average molecular weight is 279 g/mol. The highest BCUT2D eigenvalue weighted by Gasteiger charge is 2.30. The molecule has 0 aliphatic heterocycles. The summed E-state index contributed by atoms with van der Waals surface area (Å²) in [7, 11) is 0. The van der Waals surface area contributed by atoms with Crippen molar-refractivity contribution in [2.45, 2.75) is 10.3 Å². The molecule has 2 aromatic rings. The zero-order valence-electron chi connectivity index (χ0n) is 8.33. The topological polar surface area (TPSA) is 43.8 Å². The SMILES string of the molecule is NCCn1c(C(Cl)(Cl)Cl)nc2ccccc21. The zero-order valence-corrected chi connectivity index (χ0v) is 10.6. The fourth-order valence-corrected chi connectivity index (χ4v) is 2.08. The molecule has 86 valence electrons. The van der Waals surface area contributed by atoms with Gasteiger partial charge in [-0.05, 0) is 12.1 Å². The van der Waals surface area contributed by atoms with E-state index in [0.717, 1.165) is 11.0 Å². The number of nitrogens with two attached hydrogens (primary N) is 1. The van der Waals surface area contributed by atoms with Crippen molar-refractivity contribution >= 4 is 45.8 Å². The van der Waals surface area contributed by atoms with Crippen molar-refractivity contribution in [2.75, 3.05) is 6.54 Å². The van der Waals surface area contributed by atoms with Crippen molar-refractivity contribution in [3.05, 3.63) is 30.1 Å². The first-order chi connectivity index (χ1) is 7.54.